The molecule has 0 bridgehead atoms. The fourth-order valence-corrected chi connectivity index (χ4v) is 3.40. The number of halogens is 1. The number of rotatable bonds is 7. The van der Waals surface area contributed by atoms with Gasteiger partial charge in [0.15, 0.2) is 0 Å². The fourth-order valence-electron chi connectivity index (χ4n) is 2.71. The predicted molar refractivity (Wildman–Crippen MR) is 100.0 cm³/mol. The molecule has 2 rings (SSSR count). The molecule has 2 amide bonds. The molecule has 1 heterocycles. The molecule has 1 saturated heterocycles. The van der Waals surface area contributed by atoms with Crippen LogP contribution in [0.4, 0.5) is 4.79 Å². The number of nitrogens with zero attached hydrogens (tertiary/aromatic N) is 1. The van der Waals surface area contributed by atoms with Crippen LogP contribution < -0.4 is 9.50 Å². The maximum absolute atomic E-state index is 12.6. The summed E-state index contributed by atoms with van der Waals surface area (Å²) in [6.07, 6.45) is 2.78. The van der Waals surface area contributed by atoms with Gasteiger partial charge in [-0.05, 0) is 44.9 Å². The number of benzene rings is 1. The van der Waals surface area contributed by atoms with E-state index in [-0.39, 0.29) is 30.5 Å². The average molecular weight is 405 g/mol. The monoisotopic (exact) mass is 404 g/mol. The third-order valence-electron chi connectivity index (χ3n) is 3.77. The lowest BCUT2D eigenvalue weighted by molar-refractivity contribution is 0.0790. The summed E-state index contributed by atoms with van der Waals surface area (Å²) >= 11 is 6.06. The number of carbonyl (C=O) groups is 1. The third-order valence-corrected chi connectivity index (χ3v) is 4.49. The summed E-state index contributed by atoms with van der Waals surface area (Å²) in [5, 5.41) is 3.29. The van der Waals surface area contributed by atoms with Crippen LogP contribution in [0.5, 0.6) is 5.75 Å². The van der Waals surface area contributed by atoms with E-state index in [0.717, 1.165) is 19.1 Å². The number of nitrogens with one attached hydrogen (secondary N) is 1. The van der Waals surface area contributed by atoms with E-state index in [1.807, 2.05) is 13.8 Å². The summed E-state index contributed by atoms with van der Waals surface area (Å²) < 4.78 is 33.7. The zero-order valence-electron chi connectivity index (χ0n) is 15.2. The van der Waals surface area contributed by atoms with Crippen molar-refractivity contribution in [3.63, 3.8) is 0 Å². The highest BCUT2D eigenvalue weighted by molar-refractivity contribution is 7.86. The van der Waals surface area contributed by atoms with Gasteiger partial charge in [0.2, 0.25) is 0 Å². The van der Waals surface area contributed by atoms with Crippen molar-refractivity contribution in [1.82, 2.24) is 10.2 Å². The largest absolute Gasteiger partial charge is 0.382 e. The lowest BCUT2D eigenvalue weighted by Gasteiger charge is -2.27. The molecule has 1 aliphatic rings. The van der Waals surface area contributed by atoms with Crippen molar-refractivity contribution in [2.75, 3.05) is 19.4 Å². The number of ether oxygens (including phenoxy) is 1. The molecule has 0 aliphatic carbocycles. The molecule has 26 heavy (non-hydrogen) atoms. The van der Waals surface area contributed by atoms with Gasteiger partial charge in [0.1, 0.15) is 5.75 Å². The van der Waals surface area contributed by atoms with Gasteiger partial charge in [-0.3, -0.25) is 0 Å². The average Bonchev–Trinajstić information content (AvgIpc) is 3.00. The van der Waals surface area contributed by atoms with E-state index in [1.165, 1.54) is 6.07 Å². The van der Waals surface area contributed by atoms with Gasteiger partial charge >= 0.3 is 16.1 Å². The molecule has 0 saturated carbocycles. The number of carbonyl (C=O) groups excluding carboxylic acids is 1. The minimum absolute atomic E-state index is 0.0272. The quantitative estimate of drug-likeness (QED) is 0.706. The summed E-state index contributed by atoms with van der Waals surface area (Å²) in [5.74, 6) is 0.159. The van der Waals surface area contributed by atoms with Gasteiger partial charge in [-0.1, -0.05) is 11.6 Å². The summed E-state index contributed by atoms with van der Waals surface area (Å²) in [5.41, 5.74) is 0.514. The Morgan fingerprint density at radius 3 is 2.77 bits per heavy atom. The fraction of sp³-hybridized carbons (Fsp3) is 0.588. The van der Waals surface area contributed by atoms with Crippen LogP contribution in [0.2, 0.25) is 5.02 Å². The maximum atomic E-state index is 12.6. The van der Waals surface area contributed by atoms with E-state index in [4.69, 9.17) is 20.5 Å². The number of hydrogen-bond acceptors (Lipinski definition) is 5. The van der Waals surface area contributed by atoms with Gasteiger partial charge in [0, 0.05) is 29.8 Å². The molecule has 1 atom stereocenters. The normalized spacial score (nSPS) is 17.3. The molecule has 1 aromatic carbocycles. The zero-order valence-corrected chi connectivity index (χ0v) is 16.8. The van der Waals surface area contributed by atoms with E-state index in [1.54, 1.807) is 17.0 Å². The highest BCUT2D eigenvalue weighted by atomic mass is 35.5. The van der Waals surface area contributed by atoms with Crippen LogP contribution >= 0.6 is 11.6 Å². The first-order chi connectivity index (χ1) is 12.1. The molecule has 1 aromatic rings. The second kappa shape index (κ2) is 8.92. The molecule has 1 fully saturated rings. The van der Waals surface area contributed by atoms with Crippen LogP contribution in [0.25, 0.3) is 0 Å². The standard InChI is InChI=1S/C17H25ClN2O5S/c1-12(2)19-17(21)20(11-15-5-4-8-24-15)10-13-9-14(18)6-7-16(13)25-26(3,22)23/h6-7,9,12,15H,4-5,8,10-11H2,1-3H3,(H,19,21). The highest BCUT2D eigenvalue weighted by Crippen LogP contribution is 2.26. The SMILES string of the molecule is CC(C)NC(=O)N(Cc1cc(Cl)ccc1OS(C)(=O)=O)CC1CCCO1. The summed E-state index contributed by atoms with van der Waals surface area (Å²) in [6, 6.07) is 4.36. The van der Waals surface area contributed by atoms with Crippen molar-refractivity contribution in [3.05, 3.63) is 28.8 Å². The van der Waals surface area contributed by atoms with Gasteiger partial charge < -0.3 is 19.1 Å². The predicted octanol–water partition coefficient (Wildman–Crippen LogP) is 2.78. The Balaban J connectivity index is 2.25. The molecule has 7 nitrogen and oxygen atoms in total. The van der Waals surface area contributed by atoms with Gasteiger partial charge in [-0.15, -0.1) is 0 Å². The van der Waals surface area contributed by atoms with Crippen molar-refractivity contribution in [3.8, 4) is 5.75 Å². The van der Waals surface area contributed by atoms with E-state index >= 15 is 0 Å². The topological polar surface area (TPSA) is 84.9 Å². The van der Waals surface area contributed by atoms with E-state index < -0.39 is 10.1 Å². The Labute approximate surface area is 159 Å². The first-order valence-electron chi connectivity index (χ1n) is 8.49. The molecular weight excluding hydrogens is 380 g/mol. The molecule has 0 radical (unpaired) electrons. The van der Waals surface area contributed by atoms with E-state index in [2.05, 4.69) is 5.32 Å². The number of amides is 2. The first-order valence-corrected chi connectivity index (χ1v) is 10.7. The molecule has 146 valence electrons. The van der Waals surface area contributed by atoms with Crippen molar-refractivity contribution >= 4 is 27.8 Å². The van der Waals surface area contributed by atoms with Crippen LogP contribution in [0.3, 0.4) is 0 Å². The Morgan fingerprint density at radius 1 is 1.46 bits per heavy atom. The summed E-state index contributed by atoms with van der Waals surface area (Å²) in [4.78, 5) is 14.2. The van der Waals surface area contributed by atoms with Crippen molar-refractivity contribution < 1.29 is 22.1 Å². The van der Waals surface area contributed by atoms with Gasteiger partial charge in [0.25, 0.3) is 0 Å². The highest BCUT2D eigenvalue weighted by Gasteiger charge is 2.24. The molecule has 1 N–H and O–H groups in total. The molecular formula is C17H25ClN2O5S. The van der Waals surface area contributed by atoms with E-state index in [9.17, 15) is 13.2 Å². The molecule has 1 aliphatic heterocycles. The van der Waals surface area contributed by atoms with Crippen molar-refractivity contribution in [1.29, 1.82) is 0 Å². The Bertz CT molecular complexity index is 733. The van der Waals surface area contributed by atoms with Crippen LogP contribution in [-0.4, -0.2) is 50.9 Å². The van der Waals surface area contributed by atoms with Crippen LogP contribution in [0, 0.1) is 0 Å². The lowest BCUT2D eigenvalue weighted by Crippen LogP contribution is -2.45. The first kappa shape index (κ1) is 20.8. The van der Waals surface area contributed by atoms with Gasteiger partial charge in [-0.2, -0.15) is 8.42 Å². The van der Waals surface area contributed by atoms with Gasteiger partial charge in [0.05, 0.1) is 18.9 Å². The second-order valence-corrected chi connectivity index (χ2v) is 8.67. The molecule has 0 aromatic heterocycles. The second-order valence-electron chi connectivity index (χ2n) is 6.66. The molecule has 1 unspecified atom stereocenters. The minimum atomic E-state index is -3.70. The summed E-state index contributed by atoms with van der Waals surface area (Å²) in [7, 11) is -3.70. The van der Waals surface area contributed by atoms with Gasteiger partial charge in [-0.25, -0.2) is 4.79 Å². The minimum Gasteiger partial charge on any atom is -0.382 e. The smallest absolute Gasteiger partial charge is 0.317 e. The number of hydrogen-bond donors (Lipinski definition) is 1. The zero-order chi connectivity index (χ0) is 19.3. The Hall–Kier alpha value is -1.51. The third kappa shape index (κ3) is 6.66. The lowest BCUT2D eigenvalue weighted by atomic mass is 10.1. The Morgan fingerprint density at radius 2 is 2.19 bits per heavy atom. The van der Waals surface area contributed by atoms with Crippen LogP contribution in [0.15, 0.2) is 18.2 Å². The van der Waals surface area contributed by atoms with Crippen molar-refractivity contribution in [2.24, 2.45) is 0 Å². The molecule has 0 spiro atoms. The van der Waals surface area contributed by atoms with Crippen LogP contribution in [0.1, 0.15) is 32.3 Å². The Kier molecular flexibility index (Phi) is 7.14. The van der Waals surface area contributed by atoms with Crippen molar-refractivity contribution in [2.45, 2.75) is 45.4 Å². The van der Waals surface area contributed by atoms with E-state index in [0.29, 0.717) is 23.7 Å². The van der Waals surface area contributed by atoms with Crippen LogP contribution in [-0.2, 0) is 21.4 Å². The maximum Gasteiger partial charge on any atom is 0.317 e. The summed E-state index contributed by atoms with van der Waals surface area (Å²) in [6.45, 7) is 5.00. The number of urea groups is 1. The molecule has 9 heteroatoms.